The average Bonchev–Trinajstić information content (AvgIpc) is 2.84. The number of hydrogen-bond acceptors (Lipinski definition) is 6. The van der Waals surface area contributed by atoms with Gasteiger partial charge in [0.1, 0.15) is 11.6 Å². The highest BCUT2D eigenvalue weighted by Gasteiger charge is 2.44. The lowest BCUT2D eigenvalue weighted by Crippen LogP contribution is -2.60. The van der Waals surface area contributed by atoms with E-state index in [9.17, 15) is 18.7 Å². The maximum absolute atomic E-state index is 13.1. The molecule has 2 atom stereocenters. The van der Waals surface area contributed by atoms with E-state index in [4.69, 9.17) is 9.94 Å². The van der Waals surface area contributed by atoms with Crippen molar-refractivity contribution in [2.24, 2.45) is 0 Å². The molecule has 1 saturated heterocycles. The lowest BCUT2D eigenvalue weighted by molar-refractivity contribution is -0.150. The summed E-state index contributed by atoms with van der Waals surface area (Å²) in [6, 6.07) is 13.5. The lowest BCUT2D eigenvalue weighted by atomic mass is 9.96. The molecule has 3 rings (SSSR count). The Bertz CT molecular complexity index is 996. The van der Waals surface area contributed by atoms with E-state index in [1.54, 1.807) is 24.3 Å². The average molecular weight is 474 g/mol. The number of hydrogen-bond donors (Lipinski definition) is 4. The number of aliphatic hydroxyl groups is 1. The lowest BCUT2D eigenvalue weighted by Gasteiger charge is -2.31. The molecule has 9 heteroatoms. The number of nitrogens with one attached hydrogen (secondary N) is 2. The molecule has 34 heavy (non-hydrogen) atoms. The van der Waals surface area contributed by atoms with Gasteiger partial charge >= 0.3 is 0 Å². The van der Waals surface area contributed by atoms with Gasteiger partial charge in [0, 0.05) is 37.3 Å². The molecule has 2 unspecified atom stereocenters. The fourth-order valence-corrected chi connectivity index (χ4v) is 3.54. The second-order valence-corrected chi connectivity index (χ2v) is 8.35. The highest BCUT2D eigenvalue weighted by molar-refractivity contribution is 5.82. The van der Waals surface area contributed by atoms with Crippen LogP contribution in [0, 0.1) is 11.8 Å². The fraction of sp³-hybridized carbons (Fsp3) is 0.400. The van der Waals surface area contributed by atoms with Crippen LogP contribution < -0.4 is 10.8 Å². The zero-order valence-electron chi connectivity index (χ0n) is 18.9. The minimum atomic E-state index is -3.19. The summed E-state index contributed by atoms with van der Waals surface area (Å²) >= 11 is 0. The first-order chi connectivity index (χ1) is 16.3. The topological polar surface area (TPSA) is 94.1 Å². The number of carbonyl (C=O) groups excluding carboxylic acids is 1. The van der Waals surface area contributed by atoms with Crippen molar-refractivity contribution >= 4 is 5.91 Å². The van der Waals surface area contributed by atoms with E-state index >= 15 is 0 Å². The monoisotopic (exact) mass is 473 g/mol. The van der Waals surface area contributed by atoms with Gasteiger partial charge in [-0.05, 0) is 42.3 Å². The predicted octanol–water partition coefficient (Wildman–Crippen LogP) is 1.90. The van der Waals surface area contributed by atoms with Crippen LogP contribution in [0.2, 0.25) is 0 Å². The van der Waals surface area contributed by atoms with Gasteiger partial charge in [-0.25, -0.2) is 14.3 Å². The van der Waals surface area contributed by atoms with Crippen molar-refractivity contribution in [2.45, 2.75) is 38.1 Å². The molecular weight excluding hydrogens is 444 g/mol. The SMILES string of the molecule is CC(O)(C(F)F)C(NCc1ccc(C#Cc2ccc(CN3CCOCC3)cc2)cc1)C(=O)NO. The molecule has 4 N–H and O–H groups in total. The summed E-state index contributed by atoms with van der Waals surface area (Å²) in [7, 11) is 0. The second kappa shape index (κ2) is 12.0. The van der Waals surface area contributed by atoms with Gasteiger partial charge in [-0.15, -0.1) is 0 Å². The molecule has 1 aliphatic heterocycles. The smallest absolute Gasteiger partial charge is 0.268 e. The molecule has 0 saturated carbocycles. The minimum absolute atomic E-state index is 0.0271. The maximum Gasteiger partial charge on any atom is 0.268 e. The number of hydroxylamine groups is 1. The van der Waals surface area contributed by atoms with Gasteiger partial charge in [0.05, 0.1) is 13.2 Å². The molecule has 0 aromatic heterocycles. The van der Waals surface area contributed by atoms with Gasteiger partial charge in [0.2, 0.25) is 0 Å². The first-order valence-corrected chi connectivity index (χ1v) is 11.0. The van der Waals surface area contributed by atoms with Gasteiger partial charge < -0.3 is 9.84 Å². The van der Waals surface area contributed by atoms with Gasteiger partial charge in [0.25, 0.3) is 12.3 Å². The van der Waals surface area contributed by atoms with Crippen LogP contribution in [0.15, 0.2) is 48.5 Å². The van der Waals surface area contributed by atoms with Crippen molar-refractivity contribution < 1.29 is 28.6 Å². The summed E-state index contributed by atoms with van der Waals surface area (Å²) in [5.41, 5.74) is 2.23. The van der Waals surface area contributed by atoms with E-state index in [1.165, 1.54) is 11.0 Å². The molecular formula is C25H29F2N3O4. The van der Waals surface area contributed by atoms with E-state index < -0.39 is 24.0 Å². The highest BCUT2D eigenvalue weighted by Crippen LogP contribution is 2.20. The molecule has 2 aromatic carbocycles. The first kappa shape index (κ1) is 25.7. The van der Waals surface area contributed by atoms with E-state index in [0.29, 0.717) is 5.56 Å². The van der Waals surface area contributed by atoms with Gasteiger partial charge in [-0.1, -0.05) is 36.1 Å². The van der Waals surface area contributed by atoms with Crippen LogP contribution in [0.3, 0.4) is 0 Å². The number of halogens is 2. The third-order valence-corrected chi connectivity index (χ3v) is 5.68. The highest BCUT2D eigenvalue weighted by atomic mass is 19.3. The molecule has 1 amide bonds. The Morgan fingerprint density at radius 1 is 1.06 bits per heavy atom. The quantitative estimate of drug-likeness (QED) is 0.266. The van der Waals surface area contributed by atoms with Crippen molar-refractivity contribution in [3.8, 4) is 11.8 Å². The maximum atomic E-state index is 13.1. The molecule has 182 valence electrons. The zero-order chi connectivity index (χ0) is 24.6. The van der Waals surface area contributed by atoms with Crippen LogP contribution in [0.25, 0.3) is 0 Å². The third kappa shape index (κ3) is 7.06. The number of morpholine rings is 1. The van der Waals surface area contributed by atoms with Crippen LogP contribution in [-0.4, -0.2) is 65.5 Å². The zero-order valence-corrected chi connectivity index (χ0v) is 18.9. The van der Waals surface area contributed by atoms with Crippen molar-refractivity contribution in [3.63, 3.8) is 0 Å². The minimum Gasteiger partial charge on any atom is -0.382 e. The standard InChI is InChI=1S/C25H29F2N3O4/c1-25(32,24(26)27)22(23(31)29-33)28-16-20-8-4-18(5-9-20)2-3-19-6-10-21(11-7-19)17-30-12-14-34-15-13-30/h4-11,22,24,28,32-33H,12-17H2,1H3,(H,29,31). The Labute approximate surface area is 197 Å². The molecule has 0 spiro atoms. The van der Waals surface area contributed by atoms with Gasteiger partial charge in [-0.2, -0.15) is 0 Å². The number of rotatable bonds is 8. The summed E-state index contributed by atoms with van der Waals surface area (Å²) in [4.78, 5) is 14.1. The molecule has 0 radical (unpaired) electrons. The number of alkyl halides is 2. The predicted molar refractivity (Wildman–Crippen MR) is 122 cm³/mol. The van der Waals surface area contributed by atoms with Crippen LogP contribution in [0.4, 0.5) is 8.78 Å². The fourth-order valence-electron chi connectivity index (χ4n) is 3.54. The molecule has 0 aliphatic carbocycles. The molecule has 1 heterocycles. The number of amides is 1. The Hall–Kier alpha value is -2.87. The van der Waals surface area contributed by atoms with Crippen molar-refractivity contribution in [1.82, 2.24) is 15.7 Å². The van der Waals surface area contributed by atoms with Gasteiger partial charge in [-0.3, -0.25) is 20.2 Å². The Morgan fingerprint density at radius 2 is 1.59 bits per heavy atom. The van der Waals surface area contributed by atoms with E-state index in [1.807, 2.05) is 12.1 Å². The molecule has 7 nitrogen and oxygen atoms in total. The van der Waals surface area contributed by atoms with Crippen molar-refractivity contribution in [3.05, 3.63) is 70.8 Å². The van der Waals surface area contributed by atoms with E-state index in [0.717, 1.165) is 50.9 Å². The van der Waals surface area contributed by atoms with E-state index in [2.05, 4.69) is 34.2 Å². The van der Waals surface area contributed by atoms with Crippen LogP contribution in [0.5, 0.6) is 0 Å². The van der Waals surface area contributed by atoms with E-state index in [-0.39, 0.29) is 6.54 Å². The Balaban J connectivity index is 1.57. The molecule has 0 bridgehead atoms. The van der Waals surface area contributed by atoms with Crippen LogP contribution in [0.1, 0.15) is 29.2 Å². The van der Waals surface area contributed by atoms with Crippen molar-refractivity contribution in [2.75, 3.05) is 26.3 Å². The molecule has 1 aliphatic rings. The first-order valence-electron chi connectivity index (χ1n) is 11.0. The second-order valence-electron chi connectivity index (χ2n) is 8.35. The largest absolute Gasteiger partial charge is 0.382 e. The molecule has 1 fully saturated rings. The van der Waals surface area contributed by atoms with Gasteiger partial charge in [0.15, 0.2) is 0 Å². The normalized spacial score (nSPS) is 16.9. The third-order valence-electron chi connectivity index (χ3n) is 5.68. The number of carbonyl (C=O) groups is 1. The summed E-state index contributed by atoms with van der Waals surface area (Å²) in [6.07, 6.45) is -3.19. The summed E-state index contributed by atoms with van der Waals surface area (Å²) in [6.45, 7) is 5.17. The Morgan fingerprint density at radius 3 is 2.09 bits per heavy atom. The Kier molecular flexibility index (Phi) is 9.10. The number of ether oxygens (including phenoxy) is 1. The van der Waals surface area contributed by atoms with Crippen molar-refractivity contribution in [1.29, 1.82) is 0 Å². The molecule has 2 aromatic rings. The van der Waals surface area contributed by atoms with Crippen LogP contribution in [-0.2, 0) is 22.6 Å². The number of benzene rings is 2. The summed E-state index contributed by atoms with van der Waals surface area (Å²) in [5, 5.41) is 21.3. The van der Waals surface area contributed by atoms with Crippen LogP contribution >= 0.6 is 0 Å². The number of nitrogens with zero attached hydrogens (tertiary/aromatic N) is 1. The summed E-state index contributed by atoms with van der Waals surface area (Å²) in [5.74, 6) is 5.06. The summed E-state index contributed by atoms with van der Waals surface area (Å²) < 4.78 is 31.6.